The molecule has 1 fully saturated rings. The second kappa shape index (κ2) is 5.13. The number of fused-ring (bicyclic) bond motifs is 1. The molecule has 1 saturated heterocycles. The number of anilines is 1. The normalized spacial score (nSPS) is 20.2. The average Bonchev–Trinajstić information content (AvgIpc) is 2.80. The lowest BCUT2D eigenvalue weighted by Gasteiger charge is -2.23. The number of aryl methyl sites for hydroxylation is 1. The van der Waals surface area contributed by atoms with Gasteiger partial charge in [0.15, 0.2) is 0 Å². The fourth-order valence-corrected chi connectivity index (χ4v) is 2.67. The number of nitrogens with one attached hydrogen (secondary N) is 1. The van der Waals surface area contributed by atoms with Gasteiger partial charge in [-0.25, -0.2) is 9.97 Å². The Kier molecular flexibility index (Phi) is 3.35. The molecule has 96 valence electrons. The predicted octanol–water partition coefficient (Wildman–Crippen LogP) is 1.22. The zero-order valence-electron chi connectivity index (χ0n) is 10.0. The molecule has 0 saturated carbocycles. The van der Waals surface area contributed by atoms with Gasteiger partial charge in [0.05, 0.1) is 37.0 Å². The molecular formula is C11H14N4O2S. The SMILES string of the molecule is Cc1nsc2ncnc(NCC3COCCO3)c12. The van der Waals surface area contributed by atoms with E-state index in [4.69, 9.17) is 9.47 Å². The molecule has 3 heterocycles. The lowest BCUT2D eigenvalue weighted by molar-refractivity contribution is -0.0819. The molecule has 0 amide bonds. The van der Waals surface area contributed by atoms with Crippen LogP contribution in [0.1, 0.15) is 5.69 Å². The second-order valence-electron chi connectivity index (χ2n) is 4.12. The molecular weight excluding hydrogens is 252 g/mol. The van der Waals surface area contributed by atoms with Crippen molar-refractivity contribution in [3.05, 3.63) is 12.0 Å². The van der Waals surface area contributed by atoms with Crippen LogP contribution in [0.5, 0.6) is 0 Å². The molecule has 0 spiro atoms. The number of nitrogens with zero attached hydrogens (tertiary/aromatic N) is 3. The van der Waals surface area contributed by atoms with Crippen molar-refractivity contribution in [2.75, 3.05) is 31.7 Å². The first-order valence-electron chi connectivity index (χ1n) is 5.85. The Morgan fingerprint density at radius 2 is 2.39 bits per heavy atom. The Morgan fingerprint density at radius 3 is 3.22 bits per heavy atom. The van der Waals surface area contributed by atoms with E-state index < -0.39 is 0 Å². The summed E-state index contributed by atoms with van der Waals surface area (Å²) in [6.07, 6.45) is 1.64. The number of hydrogen-bond acceptors (Lipinski definition) is 7. The van der Waals surface area contributed by atoms with E-state index in [1.165, 1.54) is 11.5 Å². The average molecular weight is 266 g/mol. The van der Waals surface area contributed by atoms with Crippen molar-refractivity contribution in [1.29, 1.82) is 0 Å². The molecule has 0 radical (unpaired) electrons. The van der Waals surface area contributed by atoms with Crippen molar-refractivity contribution in [2.24, 2.45) is 0 Å². The molecule has 0 bridgehead atoms. The van der Waals surface area contributed by atoms with Crippen LogP contribution < -0.4 is 5.32 Å². The number of aromatic nitrogens is 3. The Bertz CT molecular complexity index is 539. The number of ether oxygens (including phenoxy) is 2. The fraction of sp³-hybridized carbons (Fsp3) is 0.545. The lowest BCUT2D eigenvalue weighted by Crippen LogP contribution is -2.34. The highest BCUT2D eigenvalue weighted by molar-refractivity contribution is 7.13. The van der Waals surface area contributed by atoms with Gasteiger partial charge in [-0.3, -0.25) is 0 Å². The van der Waals surface area contributed by atoms with Crippen LogP contribution in [0.2, 0.25) is 0 Å². The summed E-state index contributed by atoms with van der Waals surface area (Å²) in [6.45, 7) is 4.61. The Hall–Kier alpha value is -1.31. The Morgan fingerprint density at radius 1 is 1.44 bits per heavy atom. The van der Waals surface area contributed by atoms with Crippen LogP contribution in [-0.4, -0.2) is 46.8 Å². The second-order valence-corrected chi connectivity index (χ2v) is 4.87. The zero-order valence-corrected chi connectivity index (χ0v) is 10.9. The molecule has 1 atom stereocenters. The Labute approximate surface area is 109 Å². The Balaban J connectivity index is 1.75. The molecule has 18 heavy (non-hydrogen) atoms. The third-order valence-electron chi connectivity index (χ3n) is 2.83. The van der Waals surface area contributed by atoms with Crippen LogP contribution in [0.25, 0.3) is 10.2 Å². The fourth-order valence-electron chi connectivity index (χ4n) is 1.92. The van der Waals surface area contributed by atoms with Gasteiger partial charge >= 0.3 is 0 Å². The van der Waals surface area contributed by atoms with E-state index in [1.54, 1.807) is 6.33 Å². The van der Waals surface area contributed by atoms with Crippen LogP contribution in [0.15, 0.2) is 6.33 Å². The summed E-state index contributed by atoms with van der Waals surface area (Å²) in [5.74, 6) is 0.820. The van der Waals surface area contributed by atoms with E-state index in [-0.39, 0.29) is 6.10 Å². The van der Waals surface area contributed by atoms with Crippen molar-refractivity contribution < 1.29 is 9.47 Å². The van der Waals surface area contributed by atoms with Crippen molar-refractivity contribution in [1.82, 2.24) is 14.3 Å². The highest BCUT2D eigenvalue weighted by Crippen LogP contribution is 2.25. The molecule has 7 heteroatoms. The number of rotatable bonds is 3. The summed E-state index contributed by atoms with van der Waals surface area (Å²) in [6, 6.07) is 0. The minimum atomic E-state index is 0.0793. The largest absolute Gasteiger partial charge is 0.376 e. The standard InChI is InChI=1S/C11H14N4O2S/c1-7-9-10(13-6-14-11(9)18-15-7)12-4-8-5-16-2-3-17-8/h6,8H,2-5H2,1H3,(H,12,13,14). The van der Waals surface area contributed by atoms with Crippen LogP contribution >= 0.6 is 11.5 Å². The van der Waals surface area contributed by atoms with Crippen LogP contribution in [0.4, 0.5) is 5.82 Å². The summed E-state index contributed by atoms with van der Waals surface area (Å²) in [5, 5.41) is 4.29. The van der Waals surface area contributed by atoms with Gasteiger partial charge in [0, 0.05) is 6.54 Å². The van der Waals surface area contributed by atoms with Crippen LogP contribution in [-0.2, 0) is 9.47 Å². The smallest absolute Gasteiger partial charge is 0.149 e. The quantitative estimate of drug-likeness (QED) is 0.901. The van der Waals surface area contributed by atoms with Crippen LogP contribution in [0.3, 0.4) is 0 Å². The first kappa shape index (κ1) is 11.8. The molecule has 3 rings (SSSR count). The van der Waals surface area contributed by atoms with E-state index in [0.717, 1.165) is 21.7 Å². The van der Waals surface area contributed by atoms with Gasteiger partial charge in [0.25, 0.3) is 0 Å². The maximum atomic E-state index is 5.58. The summed E-state index contributed by atoms with van der Waals surface area (Å²) >= 11 is 1.39. The molecule has 2 aromatic rings. The summed E-state index contributed by atoms with van der Waals surface area (Å²) in [5.41, 5.74) is 0.957. The van der Waals surface area contributed by atoms with Crippen LogP contribution in [0, 0.1) is 6.92 Å². The summed E-state index contributed by atoms with van der Waals surface area (Å²) in [7, 11) is 0. The minimum absolute atomic E-state index is 0.0793. The molecule has 1 unspecified atom stereocenters. The molecule has 0 aliphatic carbocycles. The van der Waals surface area contributed by atoms with E-state index in [2.05, 4.69) is 19.7 Å². The number of hydrogen-bond donors (Lipinski definition) is 1. The maximum absolute atomic E-state index is 5.58. The van der Waals surface area contributed by atoms with Gasteiger partial charge in [-0.05, 0) is 18.5 Å². The van der Waals surface area contributed by atoms with Gasteiger partial charge < -0.3 is 14.8 Å². The van der Waals surface area contributed by atoms with Gasteiger partial charge in [0.1, 0.15) is 17.0 Å². The lowest BCUT2D eigenvalue weighted by atomic mass is 10.3. The van der Waals surface area contributed by atoms with Crippen molar-refractivity contribution in [2.45, 2.75) is 13.0 Å². The van der Waals surface area contributed by atoms with Gasteiger partial charge in [-0.2, -0.15) is 4.37 Å². The van der Waals surface area contributed by atoms with Gasteiger partial charge in [-0.1, -0.05) is 0 Å². The van der Waals surface area contributed by atoms with Crippen molar-refractivity contribution >= 4 is 27.6 Å². The zero-order chi connectivity index (χ0) is 12.4. The molecule has 2 aromatic heterocycles. The molecule has 1 aliphatic heterocycles. The van der Waals surface area contributed by atoms with Crippen molar-refractivity contribution in [3.8, 4) is 0 Å². The first-order valence-corrected chi connectivity index (χ1v) is 6.62. The highest BCUT2D eigenvalue weighted by atomic mass is 32.1. The van der Waals surface area contributed by atoms with E-state index in [9.17, 15) is 0 Å². The maximum Gasteiger partial charge on any atom is 0.149 e. The van der Waals surface area contributed by atoms with Gasteiger partial charge in [-0.15, -0.1) is 0 Å². The van der Waals surface area contributed by atoms with E-state index in [1.807, 2.05) is 6.92 Å². The minimum Gasteiger partial charge on any atom is -0.376 e. The van der Waals surface area contributed by atoms with Gasteiger partial charge in [0.2, 0.25) is 0 Å². The third kappa shape index (κ3) is 2.29. The van der Waals surface area contributed by atoms with Crippen molar-refractivity contribution in [3.63, 3.8) is 0 Å². The molecule has 0 aromatic carbocycles. The summed E-state index contributed by atoms with van der Waals surface area (Å²) < 4.78 is 15.2. The van der Waals surface area contributed by atoms with E-state index in [0.29, 0.717) is 26.4 Å². The highest BCUT2D eigenvalue weighted by Gasteiger charge is 2.16. The van der Waals surface area contributed by atoms with E-state index >= 15 is 0 Å². The third-order valence-corrected chi connectivity index (χ3v) is 3.67. The molecule has 1 aliphatic rings. The predicted molar refractivity (Wildman–Crippen MR) is 69.0 cm³/mol. The molecule has 1 N–H and O–H groups in total. The molecule has 6 nitrogen and oxygen atoms in total. The summed E-state index contributed by atoms with van der Waals surface area (Å²) in [4.78, 5) is 9.39. The topological polar surface area (TPSA) is 69.2 Å². The monoisotopic (exact) mass is 266 g/mol. The first-order chi connectivity index (χ1) is 8.84.